The van der Waals surface area contributed by atoms with Crippen molar-refractivity contribution in [3.63, 3.8) is 0 Å². The van der Waals surface area contributed by atoms with Gasteiger partial charge in [0.2, 0.25) is 5.91 Å². The molecule has 1 fully saturated rings. The number of amides is 2. The first-order valence-electron chi connectivity index (χ1n) is 9.91. The highest BCUT2D eigenvalue weighted by Gasteiger charge is 2.22. The highest BCUT2D eigenvalue weighted by atomic mass is 16.2. The van der Waals surface area contributed by atoms with Crippen molar-refractivity contribution in [1.29, 1.82) is 0 Å². The van der Waals surface area contributed by atoms with Gasteiger partial charge in [-0.1, -0.05) is 12.1 Å². The summed E-state index contributed by atoms with van der Waals surface area (Å²) in [6.45, 7) is 2.58. The maximum Gasteiger partial charge on any atom is 0.253 e. The maximum absolute atomic E-state index is 12.1. The van der Waals surface area contributed by atoms with Crippen LogP contribution in [-0.2, 0) is 11.2 Å². The summed E-state index contributed by atoms with van der Waals surface area (Å²) in [4.78, 5) is 31.9. The summed E-state index contributed by atoms with van der Waals surface area (Å²) >= 11 is 0. The molecule has 2 N–H and O–H groups in total. The van der Waals surface area contributed by atoms with Crippen LogP contribution < -0.4 is 10.6 Å². The van der Waals surface area contributed by atoms with E-state index in [1.165, 1.54) is 0 Å². The molecule has 28 heavy (non-hydrogen) atoms. The number of carbonyl (C=O) groups excluding carboxylic acids is 2. The fourth-order valence-electron chi connectivity index (χ4n) is 3.48. The van der Waals surface area contributed by atoms with Crippen LogP contribution in [0.1, 0.15) is 35.2 Å². The van der Waals surface area contributed by atoms with Crippen molar-refractivity contribution in [3.8, 4) is 0 Å². The average molecular weight is 388 g/mol. The fraction of sp³-hybridized carbons (Fsp3) is 0.571. The van der Waals surface area contributed by atoms with Gasteiger partial charge in [0.05, 0.1) is 0 Å². The quantitative estimate of drug-likeness (QED) is 0.571. The van der Waals surface area contributed by atoms with Gasteiger partial charge < -0.3 is 20.4 Å². The highest BCUT2D eigenvalue weighted by molar-refractivity contribution is 5.94. The van der Waals surface area contributed by atoms with Crippen molar-refractivity contribution in [1.82, 2.24) is 20.4 Å². The molecule has 1 saturated heterocycles. The number of hydrogen-bond acceptors (Lipinski definition) is 3. The molecule has 2 amide bonds. The minimum Gasteiger partial charge on any atom is -0.359 e. The van der Waals surface area contributed by atoms with E-state index in [2.05, 4.69) is 20.5 Å². The summed E-state index contributed by atoms with van der Waals surface area (Å²) in [7, 11) is 7.02. The summed E-state index contributed by atoms with van der Waals surface area (Å²) in [6.07, 6.45) is 3.44. The minimum absolute atomic E-state index is 0.0187. The molecule has 0 bridgehead atoms. The van der Waals surface area contributed by atoms with Gasteiger partial charge >= 0.3 is 0 Å². The number of rotatable bonds is 6. The Morgan fingerprint density at radius 1 is 1.25 bits per heavy atom. The van der Waals surface area contributed by atoms with Crippen LogP contribution in [0, 0.1) is 5.92 Å². The number of nitrogens with one attached hydrogen (secondary N) is 2. The van der Waals surface area contributed by atoms with Crippen molar-refractivity contribution in [2.75, 3.05) is 47.8 Å². The molecule has 1 heterocycles. The third kappa shape index (κ3) is 6.25. The van der Waals surface area contributed by atoms with Gasteiger partial charge in [-0.3, -0.25) is 14.6 Å². The Balaban J connectivity index is 1.81. The van der Waals surface area contributed by atoms with E-state index >= 15 is 0 Å². The Kier molecular flexibility index (Phi) is 8.29. The number of aliphatic imine (C=N–C) groups is 1. The zero-order valence-electron chi connectivity index (χ0n) is 17.5. The van der Waals surface area contributed by atoms with Crippen LogP contribution in [0.5, 0.6) is 0 Å². The molecule has 1 aromatic carbocycles. The second-order valence-electron chi connectivity index (χ2n) is 7.43. The first-order valence-corrected chi connectivity index (χ1v) is 9.91. The van der Waals surface area contributed by atoms with Gasteiger partial charge in [-0.15, -0.1) is 0 Å². The number of carbonyl (C=O) groups is 2. The predicted octanol–water partition coefficient (Wildman–Crippen LogP) is 1.35. The van der Waals surface area contributed by atoms with E-state index < -0.39 is 0 Å². The van der Waals surface area contributed by atoms with Crippen LogP contribution >= 0.6 is 0 Å². The summed E-state index contributed by atoms with van der Waals surface area (Å²) < 4.78 is 0. The Bertz CT molecular complexity index is 694. The topological polar surface area (TPSA) is 77.0 Å². The van der Waals surface area contributed by atoms with E-state index in [0.29, 0.717) is 17.9 Å². The Morgan fingerprint density at radius 3 is 2.57 bits per heavy atom. The smallest absolute Gasteiger partial charge is 0.253 e. The van der Waals surface area contributed by atoms with Gasteiger partial charge in [-0.2, -0.15) is 0 Å². The number of hydrogen-bond donors (Lipinski definition) is 2. The maximum atomic E-state index is 12.1. The number of guanidine groups is 1. The standard InChI is InChI=1S/C21H33N5O2/c1-22-19(27)15-17-9-12-26(13-10-17)21(23-2)24-11-8-16-6-5-7-18(14-16)20(28)25(3)4/h5-7,14,17H,8-13,15H2,1-4H3,(H,22,27)(H,23,24). The Morgan fingerprint density at radius 2 is 1.96 bits per heavy atom. The van der Waals surface area contributed by atoms with Gasteiger partial charge in [0.1, 0.15) is 0 Å². The molecule has 0 saturated carbocycles. The van der Waals surface area contributed by atoms with Crippen molar-refractivity contribution in [2.45, 2.75) is 25.7 Å². The molecule has 0 aliphatic carbocycles. The van der Waals surface area contributed by atoms with Gasteiger partial charge in [0.15, 0.2) is 5.96 Å². The summed E-state index contributed by atoms with van der Waals surface area (Å²) in [5.41, 5.74) is 1.84. The van der Waals surface area contributed by atoms with E-state index in [0.717, 1.165) is 50.4 Å². The summed E-state index contributed by atoms with van der Waals surface area (Å²) in [5.74, 6) is 1.49. The van der Waals surface area contributed by atoms with Gasteiger partial charge in [0.25, 0.3) is 5.91 Å². The van der Waals surface area contributed by atoms with Gasteiger partial charge in [-0.05, 0) is 42.9 Å². The van der Waals surface area contributed by atoms with Gasteiger partial charge in [0, 0.05) is 59.8 Å². The summed E-state index contributed by atoms with van der Waals surface area (Å²) in [6, 6.07) is 7.78. The van der Waals surface area contributed by atoms with Crippen LogP contribution in [0.25, 0.3) is 0 Å². The highest BCUT2D eigenvalue weighted by Crippen LogP contribution is 2.20. The lowest BCUT2D eigenvalue weighted by Gasteiger charge is -2.34. The number of piperidine rings is 1. The molecule has 154 valence electrons. The van der Waals surface area contributed by atoms with Crippen LogP contribution in [0.15, 0.2) is 29.3 Å². The molecular formula is C21H33N5O2. The van der Waals surface area contributed by atoms with E-state index in [9.17, 15) is 9.59 Å². The van der Waals surface area contributed by atoms with E-state index in [-0.39, 0.29) is 11.8 Å². The third-order valence-corrected chi connectivity index (χ3v) is 5.16. The van der Waals surface area contributed by atoms with Crippen LogP contribution in [-0.4, -0.2) is 75.4 Å². The van der Waals surface area contributed by atoms with Crippen molar-refractivity contribution < 1.29 is 9.59 Å². The minimum atomic E-state index is 0.0187. The lowest BCUT2D eigenvalue weighted by molar-refractivity contribution is -0.121. The summed E-state index contributed by atoms with van der Waals surface area (Å²) in [5, 5.41) is 6.13. The Hall–Kier alpha value is -2.57. The average Bonchev–Trinajstić information content (AvgIpc) is 2.71. The largest absolute Gasteiger partial charge is 0.359 e. The van der Waals surface area contributed by atoms with E-state index in [1.54, 1.807) is 33.1 Å². The Labute approximate surface area is 168 Å². The predicted molar refractivity (Wildman–Crippen MR) is 113 cm³/mol. The SMILES string of the molecule is CN=C(NCCc1cccc(C(=O)N(C)C)c1)N1CCC(CC(=O)NC)CC1. The third-order valence-electron chi connectivity index (χ3n) is 5.16. The molecule has 1 aromatic rings. The number of nitrogens with zero attached hydrogens (tertiary/aromatic N) is 3. The molecule has 0 aromatic heterocycles. The molecule has 0 atom stereocenters. The zero-order chi connectivity index (χ0) is 20.5. The number of benzene rings is 1. The first-order chi connectivity index (χ1) is 13.4. The van der Waals surface area contributed by atoms with Crippen molar-refractivity contribution in [3.05, 3.63) is 35.4 Å². The van der Waals surface area contributed by atoms with Crippen molar-refractivity contribution in [2.24, 2.45) is 10.9 Å². The molecule has 0 spiro atoms. The molecule has 7 heteroatoms. The molecule has 0 unspecified atom stereocenters. The molecule has 0 radical (unpaired) electrons. The van der Waals surface area contributed by atoms with Crippen LogP contribution in [0.4, 0.5) is 0 Å². The van der Waals surface area contributed by atoms with Gasteiger partial charge in [-0.25, -0.2) is 0 Å². The molecular weight excluding hydrogens is 354 g/mol. The fourth-order valence-corrected chi connectivity index (χ4v) is 3.48. The van der Waals surface area contributed by atoms with E-state index in [1.807, 2.05) is 24.3 Å². The van der Waals surface area contributed by atoms with Crippen molar-refractivity contribution >= 4 is 17.8 Å². The first kappa shape index (κ1) is 21.7. The van der Waals surface area contributed by atoms with Crippen LogP contribution in [0.3, 0.4) is 0 Å². The second-order valence-corrected chi connectivity index (χ2v) is 7.43. The molecule has 2 rings (SSSR count). The van der Waals surface area contributed by atoms with Crippen LogP contribution in [0.2, 0.25) is 0 Å². The second kappa shape index (κ2) is 10.7. The lowest BCUT2D eigenvalue weighted by atomic mass is 9.93. The van der Waals surface area contributed by atoms with E-state index in [4.69, 9.17) is 0 Å². The number of likely N-dealkylation sites (tertiary alicyclic amines) is 1. The molecule has 1 aliphatic heterocycles. The molecule has 1 aliphatic rings. The zero-order valence-corrected chi connectivity index (χ0v) is 17.5. The normalized spacial score (nSPS) is 15.3. The molecule has 7 nitrogen and oxygen atoms in total. The monoisotopic (exact) mass is 387 g/mol. The lowest BCUT2D eigenvalue weighted by Crippen LogP contribution is -2.46.